The van der Waals surface area contributed by atoms with Crippen LogP contribution in [-0.2, 0) is 22.6 Å². The molecule has 0 spiro atoms. The molecule has 0 saturated carbocycles. The Labute approximate surface area is 153 Å². The number of esters is 1. The van der Waals surface area contributed by atoms with Gasteiger partial charge < -0.3 is 9.84 Å². The Bertz CT molecular complexity index is 922. The Hall–Kier alpha value is -3.08. The number of rotatable bonds is 6. The number of aliphatic carboxylic acids is 1. The van der Waals surface area contributed by atoms with Gasteiger partial charge in [0.1, 0.15) is 12.7 Å². The molecule has 1 N–H and O–H groups in total. The normalized spacial score (nSPS) is 13.0. The predicted octanol–water partition coefficient (Wildman–Crippen LogP) is 4.43. The Kier molecular flexibility index (Phi) is 6.05. The van der Waals surface area contributed by atoms with Crippen molar-refractivity contribution in [2.75, 3.05) is 0 Å². The van der Waals surface area contributed by atoms with Gasteiger partial charge in [0.15, 0.2) is 5.83 Å². The number of cyclic esters (lactones) is 1. The molecular weight excluding hydrogens is 363 g/mol. The van der Waals surface area contributed by atoms with E-state index in [1.807, 2.05) is 0 Å². The Morgan fingerprint density at radius 2 is 2.00 bits per heavy atom. The van der Waals surface area contributed by atoms with Gasteiger partial charge in [-0.1, -0.05) is 11.6 Å². The number of benzene rings is 1. The molecule has 0 radical (unpaired) electrons. The van der Waals surface area contributed by atoms with Gasteiger partial charge in [0.2, 0.25) is 0 Å². The van der Waals surface area contributed by atoms with Crippen LogP contribution in [0.15, 0.2) is 17.7 Å². The van der Waals surface area contributed by atoms with Gasteiger partial charge in [-0.25, -0.2) is 9.18 Å². The molecule has 2 rings (SSSR count). The largest absolute Gasteiger partial charge is 0.481 e. The summed E-state index contributed by atoms with van der Waals surface area (Å²) >= 11 is 0. The van der Waals surface area contributed by atoms with E-state index in [-0.39, 0.29) is 53.7 Å². The summed E-state index contributed by atoms with van der Waals surface area (Å²) in [5.74, 6) is -3.50. The van der Waals surface area contributed by atoms with E-state index < -0.39 is 29.4 Å². The van der Waals surface area contributed by atoms with E-state index in [0.29, 0.717) is 5.57 Å². The summed E-state index contributed by atoms with van der Waals surface area (Å²) in [6, 6.07) is 1.80. The molecule has 1 aromatic rings. The van der Waals surface area contributed by atoms with Crippen LogP contribution in [0.25, 0.3) is 5.83 Å². The van der Waals surface area contributed by atoms with Crippen LogP contribution >= 0.6 is 0 Å². The van der Waals surface area contributed by atoms with E-state index in [9.17, 15) is 28.0 Å². The lowest BCUT2D eigenvalue weighted by Crippen LogP contribution is -2.08. The van der Waals surface area contributed by atoms with Crippen molar-refractivity contribution in [3.8, 4) is 6.07 Å². The molecule has 0 unspecified atom stereocenters. The van der Waals surface area contributed by atoms with Gasteiger partial charge in [-0.05, 0) is 37.8 Å². The monoisotopic (exact) mass is 379 g/mol. The maximum absolute atomic E-state index is 14.2. The number of nitrogens with zero attached hydrogens (tertiary/aromatic N) is 1. The highest BCUT2D eigenvalue weighted by Gasteiger charge is 2.33. The molecule has 0 bridgehead atoms. The number of hydrogen-bond acceptors (Lipinski definition) is 4. The van der Waals surface area contributed by atoms with Crippen molar-refractivity contribution in [3.63, 3.8) is 0 Å². The highest BCUT2D eigenvalue weighted by atomic mass is 19.3. The van der Waals surface area contributed by atoms with Gasteiger partial charge in [0, 0.05) is 17.5 Å². The third-order valence-electron chi connectivity index (χ3n) is 4.42. The molecule has 8 heteroatoms. The highest BCUT2D eigenvalue weighted by molar-refractivity contribution is 5.98. The maximum atomic E-state index is 14.2. The summed E-state index contributed by atoms with van der Waals surface area (Å²) in [6.45, 7) is 2.83. The number of carboxylic acids is 1. The summed E-state index contributed by atoms with van der Waals surface area (Å²) in [7, 11) is 0. The van der Waals surface area contributed by atoms with Crippen molar-refractivity contribution in [3.05, 3.63) is 51.1 Å². The molecule has 0 aliphatic carbocycles. The summed E-state index contributed by atoms with van der Waals surface area (Å²) in [5.41, 5.74) is 0.269. The van der Waals surface area contributed by atoms with Crippen LogP contribution in [0.5, 0.6) is 0 Å². The first-order valence-electron chi connectivity index (χ1n) is 8.03. The van der Waals surface area contributed by atoms with Gasteiger partial charge in [-0.15, -0.1) is 0 Å². The summed E-state index contributed by atoms with van der Waals surface area (Å²) in [6.07, 6.45) is -0.999. The van der Waals surface area contributed by atoms with Gasteiger partial charge in [0.05, 0.1) is 11.1 Å². The van der Waals surface area contributed by atoms with Crippen molar-refractivity contribution in [2.24, 2.45) is 0 Å². The van der Waals surface area contributed by atoms with Gasteiger partial charge in [0.25, 0.3) is 0 Å². The minimum absolute atomic E-state index is 0.0302. The first-order valence-corrected chi connectivity index (χ1v) is 8.03. The molecule has 0 amide bonds. The van der Waals surface area contributed by atoms with Crippen molar-refractivity contribution in [1.29, 1.82) is 5.26 Å². The van der Waals surface area contributed by atoms with Gasteiger partial charge in [-0.2, -0.15) is 14.0 Å². The summed E-state index contributed by atoms with van der Waals surface area (Å²) < 4.78 is 45.1. The second-order valence-electron chi connectivity index (χ2n) is 6.12. The van der Waals surface area contributed by atoms with E-state index in [1.165, 1.54) is 13.0 Å². The van der Waals surface area contributed by atoms with Crippen LogP contribution in [-0.4, -0.2) is 17.0 Å². The SMILES string of the molecule is C/C(=C\Cc1c(C#N)c2c(c(C)c1C(F)=C(F)F)COC2=O)CCC(=O)O. The number of halogens is 3. The zero-order valence-electron chi connectivity index (χ0n) is 14.7. The Morgan fingerprint density at radius 1 is 1.33 bits per heavy atom. The number of carbonyl (C=O) groups excluding carboxylic acids is 1. The molecule has 1 aliphatic heterocycles. The second kappa shape index (κ2) is 8.08. The van der Waals surface area contributed by atoms with Gasteiger partial charge in [-0.3, -0.25) is 4.79 Å². The Morgan fingerprint density at radius 3 is 2.56 bits per heavy atom. The summed E-state index contributed by atoms with van der Waals surface area (Å²) in [5, 5.41) is 18.2. The van der Waals surface area contributed by atoms with E-state index in [1.54, 1.807) is 13.0 Å². The first kappa shape index (κ1) is 20.2. The van der Waals surface area contributed by atoms with Gasteiger partial charge >= 0.3 is 18.0 Å². The lowest BCUT2D eigenvalue weighted by atomic mass is 9.86. The smallest absolute Gasteiger partial charge is 0.340 e. The molecule has 0 fully saturated rings. The van der Waals surface area contributed by atoms with Crippen molar-refractivity contribution >= 4 is 17.8 Å². The lowest BCUT2D eigenvalue weighted by molar-refractivity contribution is -0.136. The molecule has 0 aromatic heterocycles. The minimum Gasteiger partial charge on any atom is -0.481 e. The van der Waals surface area contributed by atoms with Crippen LogP contribution in [0, 0.1) is 18.3 Å². The fourth-order valence-electron chi connectivity index (χ4n) is 3.01. The van der Waals surface area contributed by atoms with Crippen molar-refractivity contribution in [1.82, 2.24) is 0 Å². The molecule has 5 nitrogen and oxygen atoms in total. The van der Waals surface area contributed by atoms with Crippen LogP contribution < -0.4 is 0 Å². The molecule has 1 aliphatic rings. The fraction of sp³-hybridized carbons (Fsp3) is 0.316. The number of nitriles is 1. The molecule has 27 heavy (non-hydrogen) atoms. The molecular formula is C19H16F3NO4. The number of ether oxygens (including phenoxy) is 1. The maximum Gasteiger partial charge on any atom is 0.340 e. The van der Waals surface area contributed by atoms with Crippen molar-refractivity contribution < 1.29 is 32.6 Å². The third kappa shape index (κ3) is 4.03. The van der Waals surface area contributed by atoms with E-state index in [4.69, 9.17) is 9.84 Å². The molecule has 142 valence electrons. The topological polar surface area (TPSA) is 87.4 Å². The van der Waals surface area contributed by atoms with Crippen LogP contribution in [0.2, 0.25) is 0 Å². The average molecular weight is 379 g/mol. The molecule has 1 heterocycles. The van der Waals surface area contributed by atoms with Crippen LogP contribution in [0.1, 0.15) is 57.9 Å². The summed E-state index contributed by atoms with van der Waals surface area (Å²) in [4.78, 5) is 22.6. The number of carbonyl (C=O) groups is 2. The number of hydrogen-bond donors (Lipinski definition) is 1. The predicted molar refractivity (Wildman–Crippen MR) is 89.6 cm³/mol. The van der Waals surface area contributed by atoms with E-state index >= 15 is 0 Å². The fourth-order valence-corrected chi connectivity index (χ4v) is 3.01. The zero-order valence-corrected chi connectivity index (χ0v) is 14.7. The van der Waals surface area contributed by atoms with Crippen molar-refractivity contribution in [2.45, 2.75) is 39.7 Å². The zero-order chi connectivity index (χ0) is 20.3. The molecule has 0 atom stereocenters. The van der Waals surface area contributed by atoms with Crippen LogP contribution in [0.4, 0.5) is 13.2 Å². The first-order chi connectivity index (χ1) is 12.7. The number of carboxylic acid groups (broad SMARTS) is 1. The molecule has 0 saturated heterocycles. The highest BCUT2D eigenvalue weighted by Crippen LogP contribution is 2.38. The van der Waals surface area contributed by atoms with E-state index in [0.717, 1.165) is 0 Å². The quantitative estimate of drug-likeness (QED) is 0.584. The third-order valence-corrected chi connectivity index (χ3v) is 4.42. The van der Waals surface area contributed by atoms with E-state index in [2.05, 4.69) is 0 Å². The second-order valence-corrected chi connectivity index (χ2v) is 6.12. The minimum atomic E-state index is -2.53. The lowest BCUT2D eigenvalue weighted by Gasteiger charge is -2.15. The van der Waals surface area contributed by atoms with Crippen LogP contribution in [0.3, 0.4) is 0 Å². The Balaban J connectivity index is 2.66. The average Bonchev–Trinajstić information content (AvgIpc) is 2.99. The standard InChI is InChI=1S/C19H16F3NO4/c1-9(4-6-14(24)25)3-5-11-12(7-23)16-13(8-27-19(16)26)10(2)15(11)17(20)18(21)22/h3H,4-6,8H2,1-2H3,(H,24,25)/b9-3+. The molecule has 1 aromatic carbocycles. The number of allylic oxidation sites excluding steroid dienone is 2. The number of fused-ring (bicyclic) bond motifs is 1.